The zero-order valence-electron chi connectivity index (χ0n) is 14.8. The van der Waals surface area contributed by atoms with Gasteiger partial charge >= 0.3 is 0 Å². The molecule has 0 aliphatic carbocycles. The third-order valence-corrected chi connectivity index (χ3v) is 6.19. The number of carbonyl (C=O) groups excluding carboxylic acids is 2. The van der Waals surface area contributed by atoms with Crippen LogP contribution >= 0.6 is 50.1 Å². The maximum atomic E-state index is 13.3. The number of amides is 2. The number of rotatable bonds is 3. The number of benzene rings is 3. The highest BCUT2D eigenvalue weighted by Gasteiger charge is 2.35. The second-order valence-corrected chi connectivity index (χ2v) is 8.90. The fourth-order valence-electron chi connectivity index (χ4n) is 3.09. The SMILES string of the molecule is O=C(NN1C(=O)c2cc(Br)ccc2N[C@@H]1c1ccc(Cl)cc1)c1ccccc1I. The number of nitrogens with zero attached hydrogens (tertiary/aromatic N) is 1. The molecule has 8 heteroatoms. The van der Waals surface area contributed by atoms with E-state index in [4.69, 9.17) is 11.6 Å². The minimum atomic E-state index is -0.584. The molecule has 3 aromatic carbocycles. The van der Waals surface area contributed by atoms with Crippen LogP contribution in [0.15, 0.2) is 71.2 Å². The second-order valence-electron chi connectivity index (χ2n) is 6.38. The number of hydrogen-bond acceptors (Lipinski definition) is 3. The Morgan fingerprint density at radius 3 is 2.55 bits per heavy atom. The molecule has 1 aliphatic heterocycles. The summed E-state index contributed by atoms with van der Waals surface area (Å²) in [6.07, 6.45) is -0.584. The lowest BCUT2D eigenvalue weighted by atomic mass is 10.0. The smallest absolute Gasteiger partial charge is 0.276 e. The van der Waals surface area contributed by atoms with E-state index in [1.165, 1.54) is 5.01 Å². The molecule has 4 rings (SSSR count). The van der Waals surface area contributed by atoms with Gasteiger partial charge in [-0.2, -0.15) is 0 Å². The summed E-state index contributed by atoms with van der Waals surface area (Å²) in [4.78, 5) is 26.2. The predicted octanol–water partition coefficient (Wildman–Crippen LogP) is 5.62. The minimum Gasteiger partial charge on any atom is -0.359 e. The van der Waals surface area contributed by atoms with Crippen LogP contribution < -0.4 is 10.7 Å². The van der Waals surface area contributed by atoms with E-state index in [0.29, 0.717) is 21.8 Å². The summed E-state index contributed by atoms with van der Waals surface area (Å²) in [5, 5.41) is 5.25. The molecule has 1 aliphatic rings. The molecule has 0 saturated carbocycles. The Morgan fingerprint density at radius 2 is 1.83 bits per heavy atom. The van der Waals surface area contributed by atoms with Crippen molar-refractivity contribution in [3.05, 3.63) is 96.5 Å². The summed E-state index contributed by atoms with van der Waals surface area (Å²) in [6.45, 7) is 0. The number of fused-ring (bicyclic) bond motifs is 1. The largest absolute Gasteiger partial charge is 0.359 e. The summed E-state index contributed by atoms with van der Waals surface area (Å²) in [6, 6.07) is 19.8. The van der Waals surface area contributed by atoms with E-state index in [1.807, 2.05) is 36.4 Å². The molecule has 0 unspecified atom stereocenters. The van der Waals surface area contributed by atoms with Crippen molar-refractivity contribution in [2.45, 2.75) is 6.17 Å². The molecule has 2 N–H and O–H groups in total. The monoisotopic (exact) mass is 581 g/mol. The first-order valence-electron chi connectivity index (χ1n) is 8.64. The van der Waals surface area contributed by atoms with Crippen LogP contribution in [0.2, 0.25) is 5.02 Å². The van der Waals surface area contributed by atoms with Crippen LogP contribution in [0.4, 0.5) is 5.69 Å². The fourth-order valence-corrected chi connectivity index (χ4v) is 4.21. The number of hydrogen-bond donors (Lipinski definition) is 2. The lowest BCUT2D eigenvalue weighted by molar-refractivity contribution is 0.0490. The van der Waals surface area contributed by atoms with E-state index in [2.05, 4.69) is 49.3 Å². The number of halogens is 3. The molecular formula is C21H14BrClIN3O2. The summed E-state index contributed by atoms with van der Waals surface area (Å²) >= 11 is 11.5. The summed E-state index contributed by atoms with van der Waals surface area (Å²) in [5.74, 6) is -0.665. The topological polar surface area (TPSA) is 61.4 Å². The van der Waals surface area contributed by atoms with Gasteiger partial charge in [0, 0.05) is 18.8 Å². The summed E-state index contributed by atoms with van der Waals surface area (Å²) < 4.78 is 1.58. The molecule has 0 spiro atoms. The molecular weight excluding hydrogens is 569 g/mol. The van der Waals surface area contributed by atoms with E-state index < -0.39 is 6.17 Å². The molecule has 1 heterocycles. The van der Waals surface area contributed by atoms with E-state index in [0.717, 1.165) is 13.6 Å². The highest BCUT2D eigenvalue weighted by Crippen LogP contribution is 2.34. The van der Waals surface area contributed by atoms with Gasteiger partial charge in [0.25, 0.3) is 11.8 Å². The normalized spacial score (nSPS) is 15.5. The predicted molar refractivity (Wildman–Crippen MR) is 125 cm³/mol. The Morgan fingerprint density at radius 1 is 1.10 bits per heavy atom. The van der Waals surface area contributed by atoms with Crippen molar-refractivity contribution in [3.63, 3.8) is 0 Å². The fraction of sp³-hybridized carbons (Fsp3) is 0.0476. The van der Waals surface area contributed by atoms with Gasteiger partial charge in [-0.3, -0.25) is 15.0 Å². The Labute approximate surface area is 194 Å². The standard InChI is InChI=1S/C21H14BrClIN3O2/c22-13-7-10-18-16(11-13)21(29)27(19(25-18)12-5-8-14(23)9-6-12)26-20(28)15-3-1-2-4-17(15)24/h1-11,19,25H,(H,26,28)/t19-/m0/s1. The van der Waals surface area contributed by atoms with Crippen molar-refractivity contribution in [1.29, 1.82) is 0 Å². The third-order valence-electron chi connectivity index (χ3n) is 4.51. The lowest BCUT2D eigenvalue weighted by Gasteiger charge is -2.38. The van der Waals surface area contributed by atoms with Crippen LogP contribution in [0, 0.1) is 3.57 Å². The van der Waals surface area contributed by atoms with Crippen molar-refractivity contribution in [2.24, 2.45) is 0 Å². The molecule has 0 bridgehead atoms. The van der Waals surface area contributed by atoms with Crippen LogP contribution in [0.1, 0.15) is 32.4 Å². The van der Waals surface area contributed by atoms with Crippen LogP contribution in [-0.2, 0) is 0 Å². The van der Waals surface area contributed by atoms with Gasteiger partial charge in [-0.1, -0.05) is 51.8 Å². The Balaban J connectivity index is 1.74. The molecule has 2 amide bonds. The first-order valence-corrected chi connectivity index (χ1v) is 10.9. The Hall–Kier alpha value is -2.10. The zero-order valence-corrected chi connectivity index (χ0v) is 19.3. The highest BCUT2D eigenvalue weighted by molar-refractivity contribution is 14.1. The maximum absolute atomic E-state index is 13.3. The van der Waals surface area contributed by atoms with Gasteiger partial charge < -0.3 is 5.32 Å². The van der Waals surface area contributed by atoms with Crippen LogP contribution in [0.3, 0.4) is 0 Å². The molecule has 0 aromatic heterocycles. The van der Waals surface area contributed by atoms with Crippen molar-refractivity contribution in [3.8, 4) is 0 Å². The van der Waals surface area contributed by atoms with Gasteiger partial charge in [0.1, 0.15) is 6.17 Å². The van der Waals surface area contributed by atoms with E-state index in [9.17, 15) is 9.59 Å². The summed E-state index contributed by atoms with van der Waals surface area (Å²) in [7, 11) is 0. The Kier molecular flexibility index (Phi) is 5.80. The van der Waals surface area contributed by atoms with E-state index in [-0.39, 0.29) is 11.8 Å². The van der Waals surface area contributed by atoms with Crippen molar-refractivity contribution in [1.82, 2.24) is 10.4 Å². The first-order chi connectivity index (χ1) is 13.9. The van der Waals surface area contributed by atoms with Gasteiger partial charge in [0.2, 0.25) is 0 Å². The molecule has 0 saturated heterocycles. The summed E-state index contributed by atoms with van der Waals surface area (Å²) in [5.41, 5.74) is 5.22. The molecule has 0 radical (unpaired) electrons. The first kappa shape index (κ1) is 20.2. The van der Waals surface area contributed by atoms with Gasteiger partial charge in [-0.05, 0) is 70.6 Å². The quantitative estimate of drug-likeness (QED) is 0.395. The van der Waals surface area contributed by atoms with E-state index in [1.54, 1.807) is 30.3 Å². The third kappa shape index (κ3) is 4.12. The van der Waals surface area contributed by atoms with Gasteiger partial charge in [-0.15, -0.1) is 0 Å². The molecule has 146 valence electrons. The van der Waals surface area contributed by atoms with Crippen molar-refractivity contribution in [2.75, 3.05) is 5.32 Å². The average Bonchev–Trinajstić information content (AvgIpc) is 2.71. The number of hydrazine groups is 1. The zero-order chi connectivity index (χ0) is 20.5. The average molecular weight is 583 g/mol. The lowest BCUT2D eigenvalue weighted by Crippen LogP contribution is -2.53. The molecule has 1 atom stereocenters. The molecule has 3 aromatic rings. The molecule has 0 fully saturated rings. The molecule has 29 heavy (non-hydrogen) atoms. The Bertz CT molecular complexity index is 1110. The number of anilines is 1. The van der Waals surface area contributed by atoms with E-state index >= 15 is 0 Å². The van der Waals surface area contributed by atoms with Gasteiger partial charge in [-0.25, -0.2) is 5.01 Å². The maximum Gasteiger partial charge on any atom is 0.276 e. The second kappa shape index (κ2) is 8.33. The van der Waals surface area contributed by atoms with Crippen molar-refractivity contribution < 1.29 is 9.59 Å². The highest BCUT2D eigenvalue weighted by atomic mass is 127. The van der Waals surface area contributed by atoms with Crippen LogP contribution in [0.25, 0.3) is 0 Å². The minimum absolute atomic E-state index is 0.306. The van der Waals surface area contributed by atoms with Crippen molar-refractivity contribution >= 4 is 67.6 Å². The van der Waals surface area contributed by atoms with Crippen LogP contribution in [0.5, 0.6) is 0 Å². The number of nitrogens with one attached hydrogen (secondary N) is 2. The van der Waals surface area contributed by atoms with Crippen LogP contribution in [-0.4, -0.2) is 16.8 Å². The van der Waals surface area contributed by atoms with Gasteiger partial charge in [0.15, 0.2) is 0 Å². The van der Waals surface area contributed by atoms with Gasteiger partial charge in [0.05, 0.1) is 11.1 Å². The molecule has 5 nitrogen and oxygen atoms in total. The number of carbonyl (C=O) groups is 2.